The molecule has 1 saturated carbocycles. The monoisotopic (exact) mass is 303 g/mol. The minimum Gasteiger partial charge on any atom is -0.452 e. The molecule has 1 aromatic carbocycles. The van der Waals surface area contributed by atoms with E-state index in [4.69, 9.17) is 4.74 Å². The molecule has 0 heterocycles. The van der Waals surface area contributed by atoms with Gasteiger partial charge in [-0.1, -0.05) is 42.9 Å². The van der Waals surface area contributed by atoms with Gasteiger partial charge in [0.05, 0.1) is 5.56 Å². The third-order valence-corrected chi connectivity index (χ3v) is 4.01. The molecule has 4 nitrogen and oxygen atoms in total. The van der Waals surface area contributed by atoms with E-state index in [-0.39, 0.29) is 18.6 Å². The Morgan fingerprint density at radius 3 is 2.23 bits per heavy atom. The van der Waals surface area contributed by atoms with Crippen LogP contribution in [0.2, 0.25) is 0 Å². The number of esters is 1. The average Bonchev–Trinajstić information content (AvgIpc) is 2.72. The van der Waals surface area contributed by atoms with Gasteiger partial charge in [0.2, 0.25) is 0 Å². The molecule has 120 valence electrons. The zero-order chi connectivity index (χ0) is 15.9. The van der Waals surface area contributed by atoms with Gasteiger partial charge in [0.1, 0.15) is 0 Å². The molecule has 2 rings (SSSR count). The molecule has 1 fully saturated rings. The van der Waals surface area contributed by atoms with Crippen LogP contribution in [0.15, 0.2) is 18.2 Å². The zero-order valence-corrected chi connectivity index (χ0v) is 13.5. The number of carbonyl (C=O) groups is 2. The molecule has 0 atom stereocenters. The first-order valence-electron chi connectivity index (χ1n) is 8.09. The van der Waals surface area contributed by atoms with E-state index in [9.17, 15) is 9.59 Å². The van der Waals surface area contributed by atoms with Gasteiger partial charge in [0.25, 0.3) is 5.91 Å². The lowest BCUT2D eigenvalue weighted by Gasteiger charge is -2.16. The Morgan fingerprint density at radius 1 is 1.05 bits per heavy atom. The molecule has 0 spiro atoms. The van der Waals surface area contributed by atoms with Gasteiger partial charge in [-0.05, 0) is 38.8 Å². The minimum atomic E-state index is -0.442. The maximum Gasteiger partial charge on any atom is 0.338 e. The minimum absolute atomic E-state index is 0.204. The van der Waals surface area contributed by atoms with E-state index in [0.29, 0.717) is 5.56 Å². The predicted molar refractivity (Wildman–Crippen MR) is 85.8 cm³/mol. The molecule has 0 unspecified atom stereocenters. The highest BCUT2D eigenvalue weighted by Crippen LogP contribution is 2.17. The van der Waals surface area contributed by atoms with Crippen molar-refractivity contribution >= 4 is 11.9 Å². The van der Waals surface area contributed by atoms with Crippen LogP contribution in [0.4, 0.5) is 0 Å². The maximum absolute atomic E-state index is 12.0. The van der Waals surface area contributed by atoms with Gasteiger partial charge in [-0.25, -0.2) is 4.79 Å². The molecule has 22 heavy (non-hydrogen) atoms. The Kier molecular flexibility index (Phi) is 5.99. The summed E-state index contributed by atoms with van der Waals surface area (Å²) in [5.74, 6) is -0.646. The summed E-state index contributed by atoms with van der Waals surface area (Å²) in [6.45, 7) is 3.66. The number of carbonyl (C=O) groups excluding carboxylic acids is 2. The Bertz CT molecular complexity index is 511. The number of rotatable bonds is 4. The van der Waals surface area contributed by atoms with Gasteiger partial charge in [0.15, 0.2) is 6.61 Å². The van der Waals surface area contributed by atoms with Crippen molar-refractivity contribution in [2.24, 2.45) is 0 Å². The number of hydrogen-bond donors (Lipinski definition) is 1. The van der Waals surface area contributed by atoms with Crippen LogP contribution in [0.1, 0.15) is 60.0 Å². The SMILES string of the molecule is Cc1cc(C)cc(C(=O)OCC(=O)NC2CCCCCC2)c1. The highest BCUT2D eigenvalue weighted by atomic mass is 16.5. The van der Waals surface area contributed by atoms with E-state index in [1.54, 1.807) is 12.1 Å². The van der Waals surface area contributed by atoms with Gasteiger partial charge >= 0.3 is 5.97 Å². The fourth-order valence-corrected chi connectivity index (χ4v) is 3.00. The van der Waals surface area contributed by atoms with Gasteiger partial charge in [-0.15, -0.1) is 0 Å². The van der Waals surface area contributed by atoms with Crippen LogP contribution in [-0.2, 0) is 9.53 Å². The number of hydrogen-bond acceptors (Lipinski definition) is 3. The summed E-state index contributed by atoms with van der Waals surface area (Å²) in [6, 6.07) is 5.78. The second kappa shape index (κ2) is 7.97. The lowest BCUT2D eigenvalue weighted by atomic mass is 10.1. The predicted octanol–water partition coefficient (Wildman–Crippen LogP) is 3.30. The highest BCUT2D eigenvalue weighted by Gasteiger charge is 2.16. The summed E-state index contributed by atoms with van der Waals surface area (Å²) >= 11 is 0. The molecular formula is C18H25NO3. The van der Waals surface area contributed by atoms with E-state index in [1.165, 1.54) is 12.8 Å². The third-order valence-electron chi connectivity index (χ3n) is 4.01. The summed E-state index contributed by atoms with van der Waals surface area (Å²) in [6.07, 6.45) is 6.86. The lowest BCUT2D eigenvalue weighted by Crippen LogP contribution is -2.37. The molecule has 1 amide bonds. The van der Waals surface area contributed by atoms with Crippen LogP contribution in [0.5, 0.6) is 0 Å². The molecule has 0 aromatic heterocycles. The first kappa shape index (κ1) is 16.5. The molecular weight excluding hydrogens is 278 g/mol. The molecule has 1 N–H and O–H groups in total. The van der Waals surface area contributed by atoms with Crippen LogP contribution in [0.25, 0.3) is 0 Å². The highest BCUT2D eigenvalue weighted by molar-refractivity contribution is 5.91. The van der Waals surface area contributed by atoms with Crippen molar-refractivity contribution in [3.8, 4) is 0 Å². The molecule has 0 saturated heterocycles. The lowest BCUT2D eigenvalue weighted by molar-refractivity contribution is -0.125. The standard InChI is InChI=1S/C18H25NO3/c1-13-9-14(2)11-15(10-13)18(21)22-12-17(20)19-16-7-5-3-4-6-8-16/h9-11,16H,3-8,12H2,1-2H3,(H,19,20). The molecule has 1 aliphatic carbocycles. The number of nitrogens with one attached hydrogen (secondary N) is 1. The van der Waals surface area contributed by atoms with E-state index in [2.05, 4.69) is 5.32 Å². The van der Waals surface area contributed by atoms with Crippen molar-refractivity contribution in [3.63, 3.8) is 0 Å². The van der Waals surface area contributed by atoms with Gasteiger partial charge in [-0.3, -0.25) is 4.79 Å². The summed E-state index contributed by atoms with van der Waals surface area (Å²) in [7, 11) is 0. The average molecular weight is 303 g/mol. The normalized spacial score (nSPS) is 15.9. The molecule has 1 aromatic rings. The molecule has 0 aliphatic heterocycles. The Hall–Kier alpha value is -1.84. The Labute approximate surface area is 132 Å². The molecule has 4 heteroatoms. The summed E-state index contributed by atoms with van der Waals surface area (Å²) in [5, 5.41) is 2.97. The number of ether oxygens (including phenoxy) is 1. The topological polar surface area (TPSA) is 55.4 Å². The smallest absolute Gasteiger partial charge is 0.338 e. The van der Waals surface area contributed by atoms with Crippen LogP contribution >= 0.6 is 0 Å². The number of aryl methyl sites for hydroxylation is 2. The van der Waals surface area contributed by atoms with Crippen LogP contribution < -0.4 is 5.32 Å². The molecule has 0 bridgehead atoms. The quantitative estimate of drug-likeness (QED) is 0.686. The number of benzene rings is 1. The van der Waals surface area contributed by atoms with Crippen molar-refractivity contribution in [3.05, 3.63) is 34.9 Å². The van der Waals surface area contributed by atoms with Crippen molar-refractivity contribution in [1.29, 1.82) is 0 Å². The first-order valence-corrected chi connectivity index (χ1v) is 8.09. The van der Waals surface area contributed by atoms with Gasteiger partial charge < -0.3 is 10.1 Å². The maximum atomic E-state index is 12.0. The second-order valence-electron chi connectivity index (χ2n) is 6.21. The zero-order valence-electron chi connectivity index (χ0n) is 13.5. The van der Waals surface area contributed by atoms with Crippen molar-refractivity contribution in [1.82, 2.24) is 5.32 Å². The van der Waals surface area contributed by atoms with Crippen molar-refractivity contribution < 1.29 is 14.3 Å². The molecule has 1 aliphatic rings. The van der Waals surface area contributed by atoms with Crippen LogP contribution in [0, 0.1) is 13.8 Å². The van der Waals surface area contributed by atoms with E-state index in [1.807, 2.05) is 19.9 Å². The van der Waals surface area contributed by atoms with Gasteiger partial charge in [0, 0.05) is 6.04 Å². The van der Waals surface area contributed by atoms with Gasteiger partial charge in [-0.2, -0.15) is 0 Å². The third kappa shape index (κ3) is 5.17. The van der Waals surface area contributed by atoms with Crippen LogP contribution in [-0.4, -0.2) is 24.5 Å². The van der Waals surface area contributed by atoms with Crippen molar-refractivity contribution in [2.45, 2.75) is 58.4 Å². The Morgan fingerprint density at radius 2 is 1.64 bits per heavy atom. The summed E-state index contributed by atoms with van der Waals surface area (Å²) < 4.78 is 5.12. The fraction of sp³-hybridized carbons (Fsp3) is 0.556. The number of amides is 1. The summed E-state index contributed by atoms with van der Waals surface area (Å²) in [5.41, 5.74) is 2.52. The van der Waals surface area contributed by atoms with E-state index in [0.717, 1.165) is 36.8 Å². The van der Waals surface area contributed by atoms with E-state index < -0.39 is 5.97 Å². The van der Waals surface area contributed by atoms with Crippen molar-refractivity contribution in [2.75, 3.05) is 6.61 Å². The molecule has 0 radical (unpaired) electrons. The van der Waals surface area contributed by atoms with E-state index >= 15 is 0 Å². The second-order valence-corrected chi connectivity index (χ2v) is 6.21. The fourth-order valence-electron chi connectivity index (χ4n) is 3.00. The first-order chi connectivity index (χ1) is 10.5. The van der Waals surface area contributed by atoms with Crippen LogP contribution in [0.3, 0.4) is 0 Å². The summed E-state index contributed by atoms with van der Waals surface area (Å²) in [4.78, 5) is 23.9. The largest absolute Gasteiger partial charge is 0.452 e. The Balaban J connectivity index is 1.81.